The number of rotatable bonds is 1. The van der Waals surface area contributed by atoms with Gasteiger partial charge in [0.1, 0.15) is 10.3 Å². The summed E-state index contributed by atoms with van der Waals surface area (Å²) in [5.74, 6) is -1.03. The molecule has 1 aromatic heterocycles. The first-order chi connectivity index (χ1) is 7.08. The highest BCUT2D eigenvalue weighted by Gasteiger charge is 2.09. The number of nitrogens with zero attached hydrogens (tertiary/aromatic N) is 1. The lowest BCUT2D eigenvalue weighted by atomic mass is 10.1. The van der Waals surface area contributed by atoms with Crippen LogP contribution in [0.5, 0.6) is 0 Å². The molecule has 3 nitrogen and oxygen atoms in total. The molecule has 1 aromatic carbocycles. The van der Waals surface area contributed by atoms with Gasteiger partial charge in [0.15, 0.2) is 0 Å². The van der Waals surface area contributed by atoms with Crippen LogP contribution in [-0.4, -0.2) is 16.1 Å². The molecule has 1 heterocycles. The van der Waals surface area contributed by atoms with Crippen molar-refractivity contribution in [2.24, 2.45) is 0 Å². The van der Waals surface area contributed by atoms with Crippen molar-refractivity contribution >= 4 is 48.6 Å². The van der Waals surface area contributed by atoms with Gasteiger partial charge in [-0.3, -0.25) is 0 Å². The molecular formula is C10H5Br2NO2. The number of halogens is 2. The molecule has 15 heavy (non-hydrogen) atoms. The van der Waals surface area contributed by atoms with Crippen LogP contribution in [-0.2, 0) is 0 Å². The maximum atomic E-state index is 10.8. The van der Waals surface area contributed by atoms with E-state index < -0.39 is 5.97 Å². The van der Waals surface area contributed by atoms with Gasteiger partial charge in [-0.25, -0.2) is 9.78 Å². The van der Waals surface area contributed by atoms with Gasteiger partial charge in [0.2, 0.25) is 0 Å². The Labute approximate surface area is 102 Å². The van der Waals surface area contributed by atoms with Crippen LogP contribution in [0.4, 0.5) is 0 Å². The van der Waals surface area contributed by atoms with Crippen molar-refractivity contribution in [1.82, 2.24) is 4.98 Å². The van der Waals surface area contributed by atoms with Crippen molar-refractivity contribution in [3.05, 3.63) is 39.0 Å². The van der Waals surface area contributed by atoms with E-state index in [4.69, 9.17) is 5.11 Å². The Balaban J connectivity index is 2.78. The van der Waals surface area contributed by atoms with Crippen LogP contribution in [0.15, 0.2) is 33.3 Å². The minimum Gasteiger partial charge on any atom is -0.477 e. The van der Waals surface area contributed by atoms with Gasteiger partial charge in [0, 0.05) is 9.86 Å². The van der Waals surface area contributed by atoms with E-state index in [0.717, 1.165) is 15.2 Å². The van der Waals surface area contributed by atoms with Crippen LogP contribution < -0.4 is 0 Å². The maximum absolute atomic E-state index is 10.8. The molecule has 0 saturated heterocycles. The van der Waals surface area contributed by atoms with Gasteiger partial charge >= 0.3 is 5.97 Å². The standard InChI is InChI=1S/C10H5Br2NO2/c11-6-2-1-5-3-8(10(14)15)13-9(12)7(5)4-6/h1-4H,(H,14,15). The number of fused-ring (bicyclic) bond motifs is 1. The summed E-state index contributed by atoms with van der Waals surface area (Å²) in [6.07, 6.45) is 0. The summed E-state index contributed by atoms with van der Waals surface area (Å²) in [5.41, 5.74) is 0.0386. The van der Waals surface area contributed by atoms with E-state index in [1.54, 1.807) is 6.07 Å². The van der Waals surface area contributed by atoms with Gasteiger partial charge in [-0.2, -0.15) is 0 Å². The zero-order valence-corrected chi connectivity index (χ0v) is 10.5. The van der Waals surface area contributed by atoms with E-state index in [1.165, 1.54) is 0 Å². The zero-order chi connectivity index (χ0) is 11.0. The van der Waals surface area contributed by atoms with Crippen LogP contribution in [0.3, 0.4) is 0 Å². The molecule has 0 amide bonds. The van der Waals surface area contributed by atoms with E-state index in [2.05, 4.69) is 36.8 Å². The molecule has 5 heteroatoms. The molecule has 0 spiro atoms. The van der Waals surface area contributed by atoms with Gasteiger partial charge in [0.05, 0.1) is 0 Å². The number of benzene rings is 1. The third-order valence-electron chi connectivity index (χ3n) is 1.97. The zero-order valence-electron chi connectivity index (χ0n) is 7.37. The van der Waals surface area contributed by atoms with Crippen LogP contribution in [0.2, 0.25) is 0 Å². The minimum atomic E-state index is -1.03. The largest absolute Gasteiger partial charge is 0.477 e. The van der Waals surface area contributed by atoms with Gasteiger partial charge < -0.3 is 5.11 Å². The smallest absolute Gasteiger partial charge is 0.354 e. The number of carboxylic acid groups (broad SMARTS) is 1. The molecule has 1 N–H and O–H groups in total. The predicted molar refractivity (Wildman–Crippen MR) is 64.1 cm³/mol. The van der Waals surface area contributed by atoms with Crippen molar-refractivity contribution in [2.75, 3.05) is 0 Å². The van der Waals surface area contributed by atoms with E-state index in [1.807, 2.05) is 18.2 Å². The molecule has 0 aliphatic heterocycles. The molecule has 0 radical (unpaired) electrons. The van der Waals surface area contributed by atoms with Crippen molar-refractivity contribution in [1.29, 1.82) is 0 Å². The van der Waals surface area contributed by atoms with Crippen LogP contribution in [0.1, 0.15) is 10.5 Å². The van der Waals surface area contributed by atoms with E-state index in [0.29, 0.717) is 4.60 Å². The summed E-state index contributed by atoms with van der Waals surface area (Å²) in [5, 5.41) is 10.6. The number of hydrogen-bond acceptors (Lipinski definition) is 2. The van der Waals surface area contributed by atoms with Crippen molar-refractivity contribution in [3.8, 4) is 0 Å². The fourth-order valence-corrected chi connectivity index (χ4v) is 2.18. The van der Waals surface area contributed by atoms with Crippen molar-refractivity contribution in [3.63, 3.8) is 0 Å². The summed E-state index contributed by atoms with van der Waals surface area (Å²) in [7, 11) is 0. The number of hydrogen-bond donors (Lipinski definition) is 1. The van der Waals surface area contributed by atoms with Crippen LogP contribution in [0, 0.1) is 0 Å². The normalized spacial score (nSPS) is 10.5. The van der Waals surface area contributed by atoms with E-state index in [9.17, 15) is 4.79 Å². The van der Waals surface area contributed by atoms with E-state index >= 15 is 0 Å². The summed E-state index contributed by atoms with van der Waals surface area (Å²) >= 11 is 6.60. The lowest BCUT2D eigenvalue weighted by Gasteiger charge is -2.02. The lowest BCUT2D eigenvalue weighted by Crippen LogP contribution is -2.00. The van der Waals surface area contributed by atoms with Gasteiger partial charge in [-0.15, -0.1) is 0 Å². The Hall–Kier alpha value is -0.940. The summed E-state index contributed by atoms with van der Waals surface area (Å²) in [4.78, 5) is 14.7. The first-order valence-electron chi connectivity index (χ1n) is 4.07. The molecule has 0 aliphatic rings. The fraction of sp³-hybridized carbons (Fsp3) is 0. The monoisotopic (exact) mass is 329 g/mol. The SMILES string of the molecule is O=C(O)c1cc2ccc(Br)cc2c(Br)n1. The van der Waals surface area contributed by atoms with Crippen molar-refractivity contribution < 1.29 is 9.90 Å². The molecular weight excluding hydrogens is 326 g/mol. The molecule has 0 fully saturated rings. The van der Waals surface area contributed by atoms with Crippen molar-refractivity contribution in [2.45, 2.75) is 0 Å². The highest BCUT2D eigenvalue weighted by molar-refractivity contribution is 9.11. The Kier molecular flexibility index (Phi) is 2.75. The second-order valence-electron chi connectivity index (χ2n) is 2.97. The highest BCUT2D eigenvalue weighted by atomic mass is 79.9. The molecule has 76 valence electrons. The van der Waals surface area contributed by atoms with Gasteiger partial charge in [-0.1, -0.05) is 22.0 Å². The lowest BCUT2D eigenvalue weighted by molar-refractivity contribution is 0.0690. The Morgan fingerprint density at radius 3 is 2.67 bits per heavy atom. The Morgan fingerprint density at radius 1 is 1.27 bits per heavy atom. The summed E-state index contributed by atoms with van der Waals surface area (Å²) in [6, 6.07) is 7.14. The average molecular weight is 331 g/mol. The number of aromatic carboxylic acids is 1. The first-order valence-corrected chi connectivity index (χ1v) is 5.65. The second kappa shape index (κ2) is 3.90. The molecule has 0 saturated carbocycles. The molecule has 0 atom stereocenters. The molecule has 0 unspecified atom stereocenters. The predicted octanol–water partition coefficient (Wildman–Crippen LogP) is 3.46. The maximum Gasteiger partial charge on any atom is 0.354 e. The van der Waals surface area contributed by atoms with Crippen LogP contribution >= 0.6 is 31.9 Å². The summed E-state index contributed by atoms with van der Waals surface area (Å²) in [6.45, 7) is 0. The number of aromatic nitrogens is 1. The summed E-state index contributed by atoms with van der Waals surface area (Å²) < 4.78 is 1.47. The Bertz CT molecular complexity index is 554. The first kappa shape index (κ1) is 10.6. The number of pyridine rings is 1. The topological polar surface area (TPSA) is 50.2 Å². The van der Waals surface area contributed by atoms with Crippen LogP contribution in [0.25, 0.3) is 10.8 Å². The van der Waals surface area contributed by atoms with Gasteiger partial charge in [0.25, 0.3) is 0 Å². The molecule has 2 rings (SSSR count). The molecule has 0 bridgehead atoms. The quantitative estimate of drug-likeness (QED) is 0.815. The van der Waals surface area contributed by atoms with E-state index in [-0.39, 0.29) is 5.69 Å². The Morgan fingerprint density at radius 2 is 2.00 bits per heavy atom. The average Bonchev–Trinajstić information content (AvgIpc) is 2.18. The second-order valence-corrected chi connectivity index (χ2v) is 4.64. The molecule has 2 aromatic rings. The minimum absolute atomic E-state index is 0.0386. The fourth-order valence-electron chi connectivity index (χ4n) is 1.29. The third kappa shape index (κ3) is 2.03. The van der Waals surface area contributed by atoms with Gasteiger partial charge in [-0.05, 0) is 39.5 Å². The molecule has 0 aliphatic carbocycles. The highest BCUT2D eigenvalue weighted by Crippen LogP contribution is 2.26. The number of carboxylic acids is 1. The number of carbonyl (C=O) groups is 1. The third-order valence-corrected chi connectivity index (χ3v) is 3.07.